The number of fused-ring (bicyclic) bond motifs is 1. The Kier molecular flexibility index (Phi) is 4.29. The fraction of sp³-hybridized carbons (Fsp3) is 0.238. The monoisotopic (exact) mass is 366 g/mol. The van der Waals surface area contributed by atoms with Gasteiger partial charge in [0.15, 0.2) is 0 Å². The number of aryl methyl sites for hydroxylation is 1. The zero-order valence-corrected chi connectivity index (χ0v) is 15.3. The van der Waals surface area contributed by atoms with Crippen LogP contribution >= 0.6 is 11.6 Å². The molecule has 132 valence electrons. The predicted octanol–water partition coefficient (Wildman–Crippen LogP) is 3.65. The Morgan fingerprint density at radius 3 is 2.08 bits per heavy atom. The van der Waals surface area contributed by atoms with Gasteiger partial charge < -0.3 is 9.80 Å². The summed E-state index contributed by atoms with van der Waals surface area (Å²) in [6.07, 6.45) is 0. The maximum Gasteiger partial charge on any atom is 0.211 e. The van der Waals surface area contributed by atoms with Crippen molar-refractivity contribution in [1.82, 2.24) is 4.90 Å². The standard InChI is InChI=1S/C21H19ClN2O2/c1-14-5-4-6-15(13-14)23-9-11-24(12-10-23)19-18(22)20(25)16-7-2-3-8-17(16)21(19)26/h2-8,13H,9-12H2,1H3. The first-order valence-electron chi connectivity index (χ1n) is 8.71. The summed E-state index contributed by atoms with van der Waals surface area (Å²) < 4.78 is 0. The van der Waals surface area contributed by atoms with Crippen LogP contribution in [-0.4, -0.2) is 42.6 Å². The zero-order valence-electron chi connectivity index (χ0n) is 14.5. The number of rotatable bonds is 2. The van der Waals surface area contributed by atoms with Crippen LogP contribution in [0.2, 0.25) is 0 Å². The van der Waals surface area contributed by atoms with E-state index in [1.807, 2.05) is 4.90 Å². The highest BCUT2D eigenvalue weighted by Crippen LogP contribution is 2.31. The molecule has 2 aliphatic rings. The molecule has 0 N–H and O–H groups in total. The van der Waals surface area contributed by atoms with Crippen molar-refractivity contribution in [2.24, 2.45) is 0 Å². The van der Waals surface area contributed by atoms with Gasteiger partial charge in [0, 0.05) is 43.0 Å². The lowest BCUT2D eigenvalue weighted by Crippen LogP contribution is -2.48. The molecule has 0 unspecified atom stereocenters. The maximum atomic E-state index is 12.9. The van der Waals surface area contributed by atoms with Gasteiger partial charge in [-0.15, -0.1) is 0 Å². The Bertz CT molecular complexity index is 927. The smallest absolute Gasteiger partial charge is 0.211 e. The van der Waals surface area contributed by atoms with Crippen molar-refractivity contribution in [3.63, 3.8) is 0 Å². The molecule has 1 fully saturated rings. The van der Waals surface area contributed by atoms with E-state index < -0.39 is 0 Å². The first-order valence-corrected chi connectivity index (χ1v) is 9.09. The van der Waals surface area contributed by atoms with Crippen LogP contribution in [0.5, 0.6) is 0 Å². The van der Waals surface area contributed by atoms with Crippen molar-refractivity contribution in [2.75, 3.05) is 31.1 Å². The maximum absolute atomic E-state index is 12.9. The molecular weight excluding hydrogens is 348 g/mol. The molecular formula is C21H19ClN2O2. The van der Waals surface area contributed by atoms with Gasteiger partial charge in [-0.3, -0.25) is 9.59 Å². The van der Waals surface area contributed by atoms with Crippen LogP contribution in [0.1, 0.15) is 26.3 Å². The van der Waals surface area contributed by atoms with Crippen LogP contribution in [0.3, 0.4) is 0 Å². The Hall–Kier alpha value is -2.59. The second-order valence-corrected chi connectivity index (χ2v) is 7.06. The van der Waals surface area contributed by atoms with Crippen molar-refractivity contribution in [3.8, 4) is 0 Å². The van der Waals surface area contributed by atoms with Gasteiger partial charge in [0.25, 0.3) is 0 Å². The van der Waals surface area contributed by atoms with E-state index in [-0.39, 0.29) is 16.6 Å². The number of benzene rings is 2. The van der Waals surface area contributed by atoms with Gasteiger partial charge >= 0.3 is 0 Å². The molecule has 0 aromatic heterocycles. The van der Waals surface area contributed by atoms with E-state index >= 15 is 0 Å². The van der Waals surface area contributed by atoms with Crippen LogP contribution in [0.4, 0.5) is 5.69 Å². The molecule has 0 amide bonds. The number of hydrogen-bond acceptors (Lipinski definition) is 4. The van der Waals surface area contributed by atoms with Gasteiger partial charge in [0.05, 0.1) is 0 Å². The van der Waals surface area contributed by atoms with Crippen molar-refractivity contribution in [1.29, 1.82) is 0 Å². The van der Waals surface area contributed by atoms with Crippen LogP contribution in [0, 0.1) is 6.92 Å². The van der Waals surface area contributed by atoms with Gasteiger partial charge in [0.2, 0.25) is 11.6 Å². The summed E-state index contributed by atoms with van der Waals surface area (Å²) in [5, 5.41) is 0.0395. The van der Waals surface area contributed by atoms with Crippen LogP contribution in [0.25, 0.3) is 0 Å². The lowest BCUT2D eigenvalue weighted by Gasteiger charge is -2.39. The zero-order chi connectivity index (χ0) is 18.3. The number of nitrogens with zero attached hydrogens (tertiary/aromatic N) is 2. The minimum absolute atomic E-state index is 0.0395. The fourth-order valence-electron chi connectivity index (χ4n) is 3.63. The Balaban J connectivity index is 1.57. The van der Waals surface area contributed by atoms with Gasteiger partial charge in [-0.05, 0) is 24.6 Å². The van der Waals surface area contributed by atoms with E-state index in [1.54, 1.807) is 24.3 Å². The minimum atomic E-state index is -0.266. The summed E-state index contributed by atoms with van der Waals surface area (Å²) in [4.78, 5) is 29.7. The molecule has 1 aliphatic carbocycles. The number of carbonyl (C=O) groups excluding carboxylic acids is 2. The van der Waals surface area contributed by atoms with E-state index in [4.69, 9.17) is 11.6 Å². The van der Waals surface area contributed by atoms with E-state index in [0.717, 1.165) is 13.1 Å². The summed E-state index contributed by atoms with van der Waals surface area (Å²) >= 11 is 6.32. The van der Waals surface area contributed by atoms with Gasteiger partial charge in [-0.25, -0.2) is 0 Å². The normalized spacial score (nSPS) is 17.6. The largest absolute Gasteiger partial charge is 0.368 e. The molecule has 0 atom stereocenters. The molecule has 0 bridgehead atoms. The lowest BCUT2D eigenvalue weighted by molar-refractivity contribution is 0.0945. The average molecular weight is 367 g/mol. The third-order valence-corrected chi connectivity index (χ3v) is 5.35. The first-order chi connectivity index (χ1) is 12.6. The summed E-state index contributed by atoms with van der Waals surface area (Å²) in [5.74, 6) is -0.424. The number of anilines is 1. The van der Waals surface area contributed by atoms with Crippen LogP contribution in [-0.2, 0) is 0 Å². The molecule has 0 radical (unpaired) electrons. The SMILES string of the molecule is Cc1cccc(N2CCN(C3=C(Cl)C(=O)c4ccccc4C3=O)CC2)c1. The molecule has 1 aliphatic heterocycles. The third-order valence-electron chi connectivity index (χ3n) is 5.00. The lowest BCUT2D eigenvalue weighted by atomic mass is 9.91. The summed E-state index contributed by atoms with van der Waals surface area (Å²) in [7, 11) is 0. The van der Waals surface area contributed by atoms with E-state index in [9.17, 15) is 9.59 Å². The highest BCUT2D eigenvalue weighted by atomic mass is 35.5. The molecule has 0 saturated carbocycles. The molecule has 5 heteroatoms. The highest BCUT2D eigenvalue weighted by Gasteiger charge is 2.35. The Morgan fingerprint density at radius 2 is 1.42 bits per heavy atom. The third kappa shape index (κ3) is 2.80. The quantitative estimate of drug-likeness (QED) is 0.813. The molecule has 4 nitrogen and oxygen atoms in total. The number of halogens is 1. The second kappa shape index (κ2) is 6.61. The minimum Gasteiger partial charge on any atom is -0.368 e. The van der Waals surface area contributed by atoms with Crippen molar-refractivity contribution in [2.45, 2.75) is 6.92 Å². The van der Waals surface area contributed by atoms with E-state index in [1.165, 1.54) is 11.3 Å². The van der Waals surface area contributed by atoms with Crippen molar-refractivity contribution >= 4 is 28.9 Å². The molecule has 2 aromatic rings. The molecule has 4 rings (SSSR count). The summed E-state index contributed by atoms with van der Waals surface area (Å²) in [6, 6.07) is 15.3. The van der Waals surface area contributed by atoms with Gasteiger partial charge in [0.1, 0.15) is 10.7 Å². The number of hydrogen-bond donors (Lipinski definition) is 0. The number of allylic oxidation sites excluding steroid dienone is 2. The highest BCUT2D eigenvalue weighted by molar-refractivity contribution is 6.49. The van der Waals surface area contributed by atoms with E-state index in [0.29, 0.717) is 29.9 Å². The van der Waals surface area contributed by atoms with Crippen molar-refractivity contribution in [3.05, 3.63) is 76.0 Å². The van der Waals surface area contributed by atoms with Crippen LogP contribution < -0.4 is 4.90 Å². The number of Topliss-reactive ketones (excluding diaryl/α,β-unsaturated/α-hetero) is 2. The number of carbonyl (C=O) groups is 2. The second-order valence-electron chi connectivity index (χ2n) is 6.68. The first kappa shape index (κ1) is 16.9. The van der Waals surface area contributed by atoms with Gasteiger partial charge in [-0.2, -0.15) is 0 Å². The fourth-order valence-corrected chi connectivity index (χ4v) is 3.93. The van der Waals surface area contributed by atoms with E-state index in [2.05, 4.69) is 36.1 Å². The predicted molar refractivity (Wildman–Crippen MR) is 103 cm³/mol. The topological polar surface area (TPSA) is 40.6 Å². The molecule has 2 aromatic carbocycles. The molecule has 1 saturated heterocycles. The van der Waals surface area contributed by atoms with Crippen molar-refractivity contribution < 1.29 is 9.59 Å². The van der Waals surface area contributed by atoms with Gasteiger partial charge in [-0.1, -0.05) is 48.0 Å². The Labute approximate surface area is 157 Å². The molecule has 1 heterocycles. The summed E-state index contributed by atoms with van der Waals surface area (Å²) in [6.45, 7) is 4.94. The molecule has 26 heavy (non-hydrogen) atoms. The van der Waals surface area contributed by atoms with Crippen LogP contribution in [0.15, 0.2) is 59.3 Å². The number of piperazine rings is 1. The average Bonchev–Trinajstić information content (AvgIpc) is 2.67. The molecule has 0 spiro atoms. The number of ketones is 2. The summed E-state index contributed by atoms with van der Waals surface area (Å²) in [5.41, 5.74) is 3.59. The Morgan fingerprint density at radius 1 is 0.808 bits per heavy atom.